The van der Waals surface area contributed by atoms with Gasteiger partial charge in [-0.05, 0) is 30.2 Å². The van der Waals surface area contributed by atoms with Crippen molar-refractivity contribution in [1.29, 1.82) is 0 Å². The van der Waals surface area contributed by atoms with Crippen LogP contribution in [-0.2, 0) is 16.1 Å². The third-order valence-electron chi connectivity index (χ3n) is 5.94. The first kappa shape index (κ1) is 18.9. The van der Waals surface area contributed by atoms with E-state index in [-0.39, 0.29) is 5.91 Å². The monoisotopic (exact) mass is 356 g/mol. The summed E-state index contributed by atoms with van der Waals surface area (Å²) in [6.45, 7) is 2.15. The van der Waals surface area contributed by atoms with Crippen molar-refractivity contribution in [2.24, 2.45) is 11.8 Å². The Bertz CT molecular complexity index is 581. The summed E-state index contributed by atoms with van der Waals surface area (Å²) in [6, 6.07) is 9.97. The molecule has 0 radical (unpaired) electrons. The zero-order chi connectivity index (χ0) is 18.2. The van der Waals surface area contributed by atoms with Crippen molar-refractivity contribution in [2.75, 3.05) is 13.1 Å². The second-order valence-electron chi connectivity index (χ2n) is 8.00. The fraction of sp³-hybridized carbons (Fsp3) is 0.636. The van der Waals surface area contributed by atoms with Gasteiger partial charge in [0, 0.05) is 32.5 Å². The van der Waals surface area contributed by atoms with Gasteiger partial charge in [0.05, 0.1) is 0 Å². The van der Waals surface area contributed by atoms with Crippen LogP contribution in [0.4, 0.5) is 0 Å². The van der Waals surface area contributed by atoms with E-state index in [2.05, 4.69) is 5.32 Å². The lowest BCUT2D eigenvalue weighted by atomic mass is 9.86. The maximum atomic E-state index is 12.5. The SMILES string of the molecule is O=C(CC1CCN(C(=O)CCC2CCCCC2)C1)NCc1ccccc1. The molecule has 0 aromatic heterocycles. The van der Waals surface area contributed by atoms with Crippen LogP contribution < -0.4 is 5.32 Å². The molecule has 3 rings (SSSR count). The molecule has 1 aliphatic carbocycles. The van der Waals surface area contributed by atoms with Crippen molar-refractivity contribution in [3.8, 4) is 0 Å². The maximum Gasteiger partial charge on any atom is 0.222 e. The highest BCUT2D eigenvalue weighted by Crippen LogP contribution is 2.28. The fourth-order valence-electron chi connectivity index (χ4n) is 4.32. The zero-order valence-corrected chi connectivity index (χ0v) is 15.8. The summed E-state index contributed by atoms with van der Waals surface area (Å²) in [5.41, 5.74) is 1.12. The molecule has 142 valence electrons. The Hall–Kier alpha value is -1.84. The van der Waals surface area contributed by atoms with Gasteiger partial charge in [-0.15, -0.1) is 0 Å². The molecule has 0 spiro atoms. The molecule has 2 amide bonds. The summed E-state index contributed by atoms with van der Waals surface area (Å²) in [7, 11) is 0. The lowest BCUT2D eigenvalue weighted by molar-refractivity contribution is -0.131. The summed E-state index contributed by atoms with van der Waals surface area (Å²) < 4.78 is 0. The number of benzene rings is 1. The minimum absolute atomic E-state index is 0.0929. The van der Waals surface area contributed by atoms with E-state index in [1.54, 1.807) is 0 Å². The highest BCUT2D eigenvalue weighted by atomic mass is 16.2. The molecule has 1 N–H and O–H groups in total. The molecule has 1 heterocycles. The van der Waals surface area contributed by atoms with E-state index in [0.717, 1.165) is 37.4 Å². The Labute approximate surface area is 157 Å². The first-order valence-electron chi connectivity index (χ1n) is 10.3. The van der Waals surface area contributed by atoms with Gasteiger partial charge < -0.3 is 10.2 Å². The summed E-state index contributed by atoms with van der Waals surface area (Å²) >= 11 is 0. The average molecular weight is 357 g/mol. The van der Waals surface area contributed by atoms with Gasteiger partial charge in [-0.1, -0.05) is 62.4 Å². The van der Waals surface area contributed by atoms with E-state index in [9.17, 15) is 9.59 Å². The van der Waals surface area contributed by atoms with Gasteiger partial charge in [-0.2, -0.15) is 0 Å². The molecule has 4 nitrogen and oxygen atoms in total. The van der Waals surface area contributed by atoms with Crippen LogP contribution in [0.25, 0.3) is 0 Å². The summed E-state index contributed by atoms with van der Waals surface area (Å²) in [5, 5.41) is 3.00. The fourth-order valence-corrected chi connectivity index (χ4v) is 4.32. The second-order valence-corrected chi connectivity index (χ2v) is 8.00. The smallest absolute Gasteiger partial charge is 0.222 e. The molecule has 4 heteroatoms. The lowest BCUT2D eigenvalue weighted by Gasteiger charge is -2.23. The van der Waals surface area contributed by atoms with Crippen LogP contribution in [0, 0.1) is 11.8 Å². The van der Waals surface area contributed by atoms with Crippen molar-refractivity contribution in [3.05, 3.63) is 35.9 Å². The largest absolute Gasteiger partial charge is 0.352 e. The number of amides is 2. The molecule has 1 aromatic carbocycles. The Morgan fingerprint density at radius 2 is 1.77 bits per heavy atom. The number of nitrogens with one attached hydrogen (secondary N) is 1. The summed E-state index contributed by atoms with van der Waals surface area (Å²) in [4.78, 5) is 26.6. The van der Waals surface area contributed by atoms with E-state index < -0.39 is 0 Å². The molecular weight excluding hydrogens is 324 g/mol. The number of hydrogen-bond donors (Lipinski definition) is 1. The highest BCUT2D eigenvalue weighted by molar-refractivity contribution is 5.78. The molecular formula is C22H32N2O2. The van der Waals surface area contributed by atoms with Crippen LogP contribution in [0.2, 0.25) is 0 Å². The van der Waals surface area contributed by atoms with E-state index in [1.165, 1.54) is 32.1 Å². The van der Waals surface area contributed by atoms with Gasteiger partial charge in [-0.25, -0.2) is 0 Å². The van der Waals surface area contributed by atoms with Crippen LogP contribution >= 0.6 is 0 Å². The topological polar surface area (TPSA) is 49.4 Å². The van der Waals surface area contributed by atoms with Gasteiger partial charge in [-0.3, -0.25) is 9.59 Å². The van der Waals surface area contributed by atoms with Crippen molar-refractivity contribution in [1.82, 2.24) is 10.2 Å². The first-order chi connectivity index (χ1) is 12.7. The minimum Gasteiger partial charge on any atom is -0.352 e. The van der Waals surface area contributed by atoms with Crippen molar-refractivity contribution in [2.45, 2.75) is 64.3 Å². The number of nitrogens with zero attached hydrogens (tertiary/aromatic N) is 1. The standard InChI is InChI=1S/C22H32N2O2/c25-21(23-16-19-9-5-2-6-10-19)15-20-13-14-24(17-20)22(26)12-11-18-7-3-1-4-8-18/h2,5-6,9-10,18,20H,1,3-4,7-8,11-17H2,(H,23,25). The van der Waals surface area contributed by atoms with Crippen LogP contribution in [0.5, 0.6) is 0 Å². The molecule has 26 heavy (non-hydrogen) atoms. The lowest BCUT2D eigenvalue weighted by Crippen LogP contribution is -2.30. The Morgan fingerprint density at radius 3 is 2.54 bits per heavy atom. The van der Waals surface area contributed by atoms with Crippen LogP contribution in [0.15, 0.2) is 30.3 Å². The average Bonchev–Trinajstić information content (AvgIpc) is 3.14. The Morgan fingerprint density at radius 1 is 1.00 bits per heavy atom. The number of carbonyl (C=O) groups excluding carboxylic acids is 2. The third-order valence-corrected chi connectivity index (χ3v) is 5.94. The van der Waals surface area contributed by atoms with Gasteiger partial charge >= 0.3 is 0 Å². The van der Waals surface area contributed by atoms with Crippen molar-refractivity contribution >= 4 is 11.8 Å². The van der Waals surface area contributed by atoms with Gasteiger partial charge in [0.1, 0.15) is 0 Å². The predicted molar refractivity (Wildman–Crippen MR) is 103 cm³/mol. The molecule has 1 unspecified atom stereocenters. The molecule has 0 bridgehead atoms. The molecule has 1 aliphatic heterocycles. The number of rotatable bonds is 7. The number of hydrogen-bond acceptors (Lipinski definition) is 2. The van der Waals surface area contributed by atoms with Gasteiger partial charge in [0.25, 0.3) is 0 Å². The predicted octanol–water partition coefficient (Wildman–Crippen LogP) is 3.90. The molecule has 1 saturated carbocycles. The minimum atomic E-state index is 0.0929. The number of likely N-dealkylation sites (tertiary alicyclic amines) is 1. The zero-order valence-electron chi connectivity index (χ0n) is 15.8. The van der Waals surface area contributed by atoms with Gasteiger partial charge in [0.2, 0.25) is 11.8 Å². The molecule has 2 fully saturated rings. The second kappa shape index (κ2) is 9.75. The van der Waals surface area contributed by atoms with Gasteiger partial charge in [0.15, 0.2) is 0 Å². The molecule has 1 atom stereocenters. The Kier molecular flexibility index (Phi) is 7.10. The van der Waals surface area contributed by atoms with Crippen LogP contribution in [0.3, 0.4) is 0 Å². The third kappa shape index (κ3) is 5.86. The van der Waals surface area contributed by atoms with Crippen LogP contribution in [0.1, 0.15) is 63.4 Å². The van der Waals surface area contributed by atoms with Crippen LogP contribution in [-0.4, -0.2) is 29.8 Å². The summed E-state index contributed by atoms with van der Waals surface area (Å²) in [6.07, 6.45) is 9.87. The molecule has 1 saturated heterocycles. The maximum absolute atomic E-state index is 12.5. The quantitative estimate of drug-likeness (QED) is 0.805. The number of carbonyl (C=O) groups is 2. The highest BCUT2D eigenvalue weighted by Gasteiger charge is 2.28. The van der Waals surface area contributed by atoms with E-state index >= 15 is 0 Å². The van der Waals surface area contributed by atoms with E-state index in [4.69, 9.17) is 0 Å². The van der Waals surface area contributed by atoms with E-state index in [0.29, 0.717) is 31.2 Å². The van der Waals surface area contributed by atoms with E-state index in [1.807, 2.05) is 35.2 Å². The Balaban J connectivity index is 1.33. The molecule has 2 aliphatic rings. The van der Waals surface area contributed by atoms with Crippen molar-refractivity contribution < 1.29 is 9.59 Å². The first-order valence-corrected chi connectivity index (χ1v) is 10.3. The normalized spacial score (nSPS) is 20.9. The summed E-state index contributed by atoms with van der Waals surface area (Å²) in [5.74, 6) is 1.46. The van der Waals surface area contributed by atoms with Crippen molar-refractivity contribution in [3.63, 3.8) is 0 Å². The molecule has 1 aromatic rings.